The van der Waals surface area contributed by atoms with Gasteiger partial charge in [0.2, 0.25) is 0 Å². The number of rotatable bonds is 5. The zero-order chi connectivity index (χ0) is 14.4. The molecule has 0 unspecified atom stereocenters. The van der Waals surface area contributed by atoms with Crippen LogP contribution in [0.25, 0.3) is 0 Å². The quantitative estimate of drug-likeness (QED) is 0.846. The van der Waals surface area contributed by atoms with Gasteiger partial charge in [0.05, 0.1) is 5.56 Å². The maximum absolute atomic E-state index is 11.7. The van der Waals surface area contributed by atoms with E-state index in [1.54, 1.807) is 24.3 Å². The summed E-state index contributed by atoms with van der Waals surface area (Å²) < 4.78 is 5.83. The highest BCUT2D eigenvalue weighted by molar-refractivity contribution is 9.10. The molecule has 0 aliphatic carbocycles. The molecular weight excluding hydrogens is 310 g/mol. The molecule has 0 radical (unpaired) electrons. The van der Waals surface area contributed by atoms with Gasteiger partial charge in [0.25, 0.3) is 5.91 Å². The number of carbonyl (C=O) groups is 2. The molecule has 1 aromatic rings. The third-order valence-electron chi connectivity index (χ3n) is 2.80. The molecule has 0 aliphatic rings. The molecule has 0 heterocycles. The van der Waals surface area contributed by atoms with Crippen molar-refractivity contribution in [1.29, 1.82) is 0 Å². The van der Waals surface area contributed by atoms with Gasteiger partial charge < -0.3 is 10.1 Å². The Balaban J connectivity index is 2.42. The van der Waals surface area contributed by atoms with Crippen molar-refractivity contribution < 1.29 is 14.3 Å². The van der Waals surface area contributed by atoms with Crippen molar-refractivity contribution in [3.8, 4) is 0 Å². The molecule has 1 N–H and O–H groups in total. The molecule has 1 aromatic carbocycles. The average Bonchev–Trinajstić information content (AvgIpc) is 2.36. The zero-order valence-corrected chi connectivity index (χ0v) is 12.9. The molecule has 0 saturated carbocycles. The van der Waals surface area contributed by atoms with E-state index in [0.29, 0.717) is 11.5 Å². The number of ether oxygens (including phenoxy) is 1. The highest BCUT2D eigenvalue weighted by Gasteiger charge is 2.13. The van der Waals surface area contributed by atoms with Crippen molar-refractivity contribution in [2.75, 3.05) is 6.61 Å². The summed E-state index contributed by atoms with van der Waals surface area (Å²) >= 11 is 3.28. The van der Waals surface area contributed by atoms with Gasteiger partial charge in [-0.05, 0) is 37.1 Å². The number of esters is 1. The van der Waals surface area contributed by atoms with Crippen LogP contribution in [0.2, 0.25) is 0 Å². The van der Waals surface area contributed by atoms with Crippen LogP contribution in [0.15, 0.2) is 28.7 Å². The normalized spacial score (nSPS) is 12.1. The first-order valence-corrected chi connectivity index (χ1v) is 6.91. The molecule has 0 bridgehead atoms. The minimum absolute atomic E-state index is 0.0545. The van der Waals surface area contributed by atoms with Crippen LogP contribution in [0.3, 0.4) is 0 Å². The van der Waals surface area contributed by atoms with E-state index < -0.39 is 5.97 Å². The highest BCUT2D eigenvalue weighted by atomic mass is 79.9. The van der Waals surface area contributed by atoms with Gasteiger partial charge in [0, 0.05) is 10.5 Å². The Labute approximate surface area is 121 Å². The SMILES string of the molecule is CC(C)[C@H](C)NC(=O)COC(=O)c1ccc(Br)cc1. The molecule has 1 atom stereocenters. The van der Waals surface area contributed by atoms with Crippen LogP contribution in [0, 0.1) is 5.92 Å². The molecule has 0 aliphatic heterocycles. The first-order chi connectivity index (χ1) is 8.90. The van der Waals surface area contributed by atoms with E-state index in [1.807, 2.05) is 20.8 Å². The van der Waals surface area contributed by atoms with Gasteiger partial charge in [-0.3, -0.25) is 4.79 Å². The first-order valence-electron chi connectivity index (χ1n) is 6.12. The Hall–Kier alpha value is -1.36. The predicted molar refractivity (Wildman–Crippen MR) is 76.9 cm³/mol. The van der Waals surface area contributed by atoms with E-state index in [1.165, 1.54) is 0 Å². The topological polar surface area (TPSA) is 55.4 Å². The molecule has 0 aromatic heterocycles. The smallest absolute Gasteiger partial charge is 0.338 e. The van der Waals surface area contributed by atoms with Crippen LogP contribution >= 0.6 is 15.9 Å². The Morgan fingerprint density at radius 1 is 1.21 bits per heavy atom. The summed E-state index contributed by atoms with van der Waals surface area (Å²) in [5.74, 6) is -0.447. The van der Waals surface area contributed by atoms with Crippen LogP contribution in [0.1, 0.15) is 31.1 Å². The van der Waals surface area contributed by atoms with E-state index in [0.717, 1.165) is 4.47 Å². The van der Waals surface area contributed by atoms with E-state index in [4.69, 9.17) is 4.74 Å². The molecule has 0 fully saturated rings. The summed E-state index contributed by atoms with van der Waals surface area (Å²) in [6.45, 7) is 5.68. The summed E-state index contributed by atoms with van der Waals surface area (Å²) in [7, 11) is 0. The van der Waals surface area contributed by atoms with Crippen LogP contribution in [-0.4, -0.2) is 24.5 Å². The molecule has 0 spiro atoms. The summed E-state index contributed by atoms with van der Waals surface area (Å²) in [4.78, 5) is 23.2. The monoisotopic (exact) mass is 327 g/mol. The zero-order valence-electron chi connectivity index (χ0n) is 11.3. The van der Waals surface area contributed by atoms with Crippen molar-refractivity contribution >= 4 is 27.8 Å². The number of benzene rings is 1. The highest BCUT2D eigenvalue weighted by Crippen LogP contribution is 2.11. The van der Waals surface area contributed by atoms with Gasteiger partial charge in [-0.15, -0.1) is 0 Å². The lowest BCUT2D eigenvalue weighted by atomic mass is 10.1. The molecule has 4 nitrogen and oxygen atoms in total. The van der Waals surface area contributed by atoms with Gasteiger partial charge in [-0.1, -0.05) is 29.8 Å². The van der Waals surface area contributed by atoms with Gasteiger partial charge in [-0.2, -0.15) is 0 Å². The first kappa shape index (κ1) is 15.7. The third-order valence-corrected chi connectivity index (χ3v) is 3.33. The standard InChI is InChI=1S/C14H18BrNO3/c1-9(2)10(3)16-13(17)8-19-14(18)11-4-6-12(15)7-5-11/h4-7,9-10H,8H2,1-3H3,(H,16,17)/t10-/m0/s1. The van der Waals surface area contributed by atoms with Gasteiger partial charge in [0.1, 0.15) is 0 Å². The van der Waals surface area contributed by atoms with E-state index in [9.17, 15) is 9.59 Å². The Kier molecular flexibility index (Phi) is 6.02. The molecule has 1 rings (SSSR count). The number of nitrogens with one attached hydrogen (secondary N) is 1. The largest absolute Gasteiger partial charge is 0.452 e. The van der Waals surface area contributed by atoms with Gasteiger partial charge in [-0.25, -0.2) is 4.79 Å². The molecule has 0 saturated heterocycles. The minimum atomic E-state index is -0.500. The van der Waals surface area contributed by atoms with Crippen molar-refractivity contribution in [2.24, 2.45) is 5.92 Å². The fourth-order valence-electron chi connectivity index (χ4n) is 1.26. The maximum Gasteiger partial charge on any atom is 0.338 e. The van der Waals surface area contributed by atoms with E-state index in [2.05, 4.69) is 21.2 Å². The maximum atomic E-state index is 11.7. The van der Waals surface area contributed by atoms with Crippen LogP contribution in [0.4, 0.5) is 0 Å². The molecular formula is C14H18BrNO3. The van der Waals surface area contributed by atoms with Crippen molar-refractivity contribution in [3.05, 3.63) is 34.3 Å². The summed E-state index contributed by atoms with van der Waals surface area (Å²) in [5.41, 5.74) is 0.424. The lowest BCUT2D eigenvalue weighted by molar-refractivity contribution is -0.125. The summed E-state index contributed by atoms with van der Waals surface area (Å²) in [6.07, 6.45) is 0. The van der Waals surface area contributed by atoms with Crippen molar-refractivity contribution in [1.82, 2.24) is 5.32 Å². The van der Waals surface area contributed by atoms with Crippen LogP contribution < -0.4 is 5.32 Å². The number of carbonyl (C=O) groups excluding carboxylic acids is 2. The van der Waals surface area contributed by atoms with Crippen molar-refractivity contribution in [2.45, 2.75) is 26.8 Å². The van der Waals surface area contributed by atoms with E-state index >= 15 is 0 Å². The van der Waals surface area contributed by atoms with Crippen LogP contribution in [-0.2, 0) is 9.53 Å². The summed E-state index contributed by atoms with van der Waals surface area (Å²) in [6, 6.07) is 6.83. The minimum Gasteiger partial charge on any atom is -0.452 e. The average molecular weight is 328 g/mol. The third kappa shape index (κ3) is 5.42. The van der Waals surface area contributed by atoms with E-state index in [-0.39, 0.29) is 18.6 Å². The second-order valence-electron chi connectivity index (χ2n) is 4.68. The van der Waals surface area contributed by atoms with Gasteiger partial charge in [0.15, 0.2) is 6.61 Å². The molecule has 19 heavy (non-hydrogen) atoms. The Morgan fingerprint density at radius 2 is 1.79 bits per heavy atom. The Bertz CT molecular complexity index is 443. The number of hydrogen-bond acceptors (Lipinski definition) is 3. The molecule has 104 valence electrons. The Morgan fingerprint density at radius 3 is 2.32 bits per heavy atom. The lowest BCUT2D eigenvalue weighted by Crippen LogP contribution is -2.38. The summed E-state index contributed by atoms with van der Waals surface area (Å²) in [5, 5.41) is 2.77. The molecule has 1 amide bonds. The number of halogens is 1. The van der Waals surface area contributed by atoms with Crippen molar-refractivity contribution in [3.63, 3.8) is 0 Å². The second-order valence-corrected chi connectivity index (χ2v) is 5.60. The van der Waals surface area contributed by atoms with Gasteiger partial charge >= 0.3 is 5.97 Å². The number of hydrogen-bond donors (Lipinski definition) is 1. The number of amides is 1. The second kappa shape index (κ2) is 7.28. The lowest BCUT2D eigenvalue weighted by Gasteiger charge is -2.17. The molecule has 5 heteroatoms. The van der Waals surface area contributed by atoms with Crippen LogP contribution in [0.5, 0.6) is 0 Å². The fraction of sp³-hybridized carbons (Fsp3) is 0.429. The fourth-order valence-corrected chi connectivity index (χ4v) is 1.53. The predicted octanol–water partition coefficient (Wildman–Crippen LogP) is 2.77.